The van der Waals surface area contributed by atoms with Crippen LogP contribution in [0.4, 0.5) is 0 Å². The minimum absolute atomic E-state index is 0.0808. The van der Waals surface area contributed by atoms with Gasteiger partial charge in [-0.15, -0.1) is 0 Å². The second kappa shape index (κ2) is 19.0. The van der Waals surface area contributed by atoms with E-state index in [2.05, 4.69) is 4.74 Å². The van der Waals surface area contributed by atoms with Gasteiger partial charge in [-0.3, -0.25) is 24.1 Å². The average Bonchev–Trinajstić information content (AvgIpc) is 4.13. The van der Waals surface area contributed by atoms with Crippen molar-refractivity contribution >= 4 is 47.0 Å². The minimum Gasteiger partial charge on any atom is -0.492 e. The number of likely N-dealkylation sites (tertiary alicyclic amines) is 1. The number of nitrogens with zero attached hydrogens (tertiary/aromatic N) is 5. The molecule has 2 atom stereocenters. The summed E-state index contributed by atoms with van der Waals surface area (Å²) in [5, 5.41) is 11.2. The van der Waals surface area contributed by atoms with Crippen LogP contribution in [0.5, 0.6) is 11.5 Å². The summed E-state index contributed by atoms with van der Waals surface area (Å²) in [5.74, 6) is 0.619. The predicted octanol–water partition coefficient (Wildman–Crippen LogP) is 8.07. The van der Waals surface area contributed by atoms with E-state index >= 15 is 0 Å². The molecule has 2 unspecified atom stereocenters. The Morgan fingerprint density at radius 2 is 1.05 bits per heavy atom. The average molecular weight is 890 g/mol. The van der Waals surface area contributed by atoms with Gasteiger partial charge in [0.15, 0.2) is 0 Å². The Balaban J connectivity index is 0.000000152. The van der Waals surface area contributed by atoms with Gasteiger partial charge in [0.05, 0.1) is 48.8 Å². The smallest absolute Gasteiger partial charge is 0.314 e. The lowest BCUT2D eigenvalue weighted by Crippen LogP contribution is -2.40. The number of hydrogen-bond donors (Lipinski definition) is 1. The van der Waals surface area contributed by atoms with E-state index in [1.807, 2.05) is 120 Å². The number of ether oxygens (including phenoxy) is 3. The highest BCUT2D eigenvalue weighted by molar-refractivity contribution is 6.31. The number of esters is 2. The molecule has 2 fully saturated rings. The van der Waals surface area contributed by atoms with Gasteiger partial charge in [-0.1, -0.05) is 71.7 Å². The molecular weight excluding hydrogens is 843 g/mol. The topological polar surface area (TPSA) is 161 Å². The van der Waals surface area contributed by atoms with Crippen LogP contribution >= 0.6 is 23.2 Å². The van der Waals surface area contributed by atoms with Crippen molar-refractivity contribution in [2.45, 2.75) is 77.3 Å². The number of carbonyl (C=O) groups excluding carboxylic acids is 4. The highest BCUT2D eigenvalue weighted by Gasteiger charge is 2.41. The number of fused-ring (bicyclic) bond motifs is 2. The van der Waals surface area contributed by atoms with E-state index < -0.39 is 11.9 Å². The monoisotopic (exact) mass is 888 g/mol. The molecule has 324 valence electrons. The lowest BCUT2D eigenvalue weighted by atomic mass is 10.0. The molecule has 0 spiro atoms. The second-order valence-corrected chi connectivity index (χ2v) is 16.3. The maximum absolute atomic E-state index is 12.3. The molecule has 6 aromatic rings. The van der Waals surface area contributed by atoms with Gasteiger partial charge in [0.2, 0.25) is 11.8 Å². The zero-order chi connectivity index (χ0) is 44.2. The first-order valence-electron chi connectivity index (χ1n) is 21.0. The van der Waals surface area contributed by atoms with Crippen molar-refractivity contribution in [3.8, 4) is 45.4 Å². The predicted molar refractivity (Wildman–Crippen MR) is 238 cm³/mol. The van der Waals surface area contributed by atoms with Crippen molar-refractivity contribution < 1.29 is 33.4 Å². The maximum Gasteiger partial charge on any atom is 0.314 e. The highest BCUT2D eigenvalue weighted by atomic mass is 35.5. The summed E-state index contributed by atoms with van der Waals surface area (Å²) in [6.45, 7) is 5.10. The molecule has 15 heteroatoms. The summed E-state index contributed by atoms with van der Waals surface area (Å²) in [6.07, 6.45) is 3.94. The Morgan fingerprint density at radius 3 is 1.49 bits per heavy atom. The third kappa shape index (κ3) is 9.27. The molecule has 2 aliphatic heterocycles. The summed E-state index contributed by atoms with van der Waals surface area (Å²) in [5.41, 5.74) is 16.3. The number of benzene rings is 4. The van der Waals surface area contributed by atoms with E-state index in [-0.39, 0.29) is 36.7 Å². The van der Waals surface area contributed by atoms with Gasteiger partial charge in [0, 0.05) is 70.1 Å². The van der Waals surface area contributed by atoms with Crippen LogP contribution in [0.3, 0.4) is 0 Å². The normalized spacial score (nSPS) is 17.4. The third-order valence-electron chi connectivity index (χ3n) is 11.2. The van der Waals surface area contributed by atoms with Gasteiger partial charge >= 0.3 is 11.9 Å². The number of amides is 2. The van der Waals surface area contributed by atoms with E-state index in [9.17, 15) is 19.2 Å². The standard InChI is InChI=1S/C24H22ClN3O3.C20H20ClN3O.C4H4O3/c1-2-31-21-6-4-3-5-20(21)28-24(15-7-9-16(25)10-8-15)18-13-17(14-19(18)26-28)27-22(29)11-12-23(27)30;1-2-25-19-6-4-3-5-18(19)24-20(13-7-9-14(21)10-8-13)16-11-15(22)12-17(16)23-24;5-3-1-2-4(6)7-3/h3-10,17H,2,11-14H2,1H3;3-10,15H,2,11-12,22H2,1H3;1-2H2. The lowest BCUT2D eigenvalue weighted by Gasteiger charge is -2.22. The second-order valence-electron chi connectivity index (χ2n) is 15.4. The van der Waals surface area contributed by atoms with Crippen LogP contribution < -0.4 is 15.2 Å². The lowest BCUT2D eigenvalue weighted by molar-refractivity contribution is -0.152. The number of rotatable bonds is 9. The van der Waals surface area contributed by atoms with E-state index in [1.165, 1.54) is 10.5 Å². The van der Waals surface area contributed by atoms with Crippen LogP contribution in [0.1, 0.15) is 62.0 Å². The van der Waals surface area contributed by atoms with Crippen LogP contribution in [0.15, 0.2) is 97.1 Å². The number of hydrogen-bond acceptors (Lipinski definition) is 10. The molecule has 10 rings (SSSR count). The van der Waals surface area contributed by atoms with Crippen LogP contribution in [0.2, 0.25) is 10.0 Å². The van der Waals surface area contributed by atoms with Crippen LogP contribution in [0, 0.1) is 0 Å². The Morgan fingerprint density at radius 1 is 0.603 bits per heavy atom. The number of halogens is 2. The number of nitrogens with two attached hydrogens (primary N) is 1. The molecule has 13 nitrogen and oxygen atoms in total. The van der Waals surface area contributed by atoms with Crippen molar-refractivity contribution in [2.75, 3.05) is 13.2 Å². The van der Waals surface area contributed by atoms with E-state index in [0.717, 1.165) is 80.2 Å². The molecule has 0 saturated carbocycles. The van der Waals surface area contributed by atoms with E-state index in [4.69, 9.17) is 48.6 Å². The van der Waals surface area contributed by atoms with Gasteiger partial charge in [0.25, 0.3) is 0 Å². The number of carbonyl (C=O) groups is 4. The molecule has 2 amide bonds. The fraction of sp³-hybridized carbons (Fsp3) is 0.292. The Kier molecular flexibility index (Phi) is 13.1. The number of aromatic nitrogens is 4. The largest absolute Gasteiger partial charge is 0.492 e. The Hall–Kier alpha value is -6.28. The van der Waals surface area contributed by atoms with Crippen LogP contribution in [0.25, 0.3) is 33.9 Å². The molecule has 2 N–H and O–H groups in total. The molecule has 0 bridgehead atoms. The summed E-state index contributed by atoms with van der Waals surface area (Å²) >= 11 is 12.2. The molecule has 2 saturated heterocycles. The molecule has 2 aromatic heterocycles. The minimum atomic E-state index is -0.398. The van der Waals surface area contributed by atoms with Crippen molar-refractivity contribution in [3.63, 3.8) is 0 Å². The fourth-order valence-corrected chi connectivity index (χ4v) is 8.71. The summed E-state index contributed by atoms with van der Waals surface area (Å²) in [6, 6.07) is 31.3. The molecule has 63 heavy (non-hydrogen) atoms. The molecule has 2 aliphatic carbocycles. The molecule has 4 aromatic carbocycles. The van der Waals surface area contributed by atoms with Crippen LogP contribution in [-0.2, 0) is 49.6 Å². The maximum atomic E-state index is 12.3. The first kappa shape index (κ1) is 43.4. The quantitative estimate of drug-likeness (QED) is 0.0854. The zero-order valence-corrected chi connectivity index (χ0v) is 36.4. The van der Waals surface area contributed by atoms with Gasteiger partial charge in [0.1, 0.15) is 22.9 Å². The SMILES string of the molecule is CCOc1ccccc1-n1nc2c(c1-c1ccc(Cl)cc1)CC(N)C2.CCOc1ccccc1-n1nc2c(c1-c1ccc(Cl)cc1)CC(N1C(=O)CCC1=O)C2.O=C1CCC(=O)O1. The van der Waals surface area contributed by atoms with Crippen molar-refractivity contribution in [3.05, 3.63) is 130 Å². The molecular formula is C48H46Cl2N6O7. The van der Waals surface area contributed by atoms with E-state index in [1.54, 1.807) is 0 Å². The van der Waals surface area contributed by atoms with Crippen LogP contribution in [-0.4, -0.2) is 73.5 Å². The summed E-state index contributed by atoms with van der Waals surface area (Å²) in [7, 11) is 0. The summed E-state index contributed by atoms with van der Waals surface area (Å²) in [4.78, 5) is 46.1. The number of para-hydroxylation sites is 4. The van der Waals surface area contributed by atoms with Crippen molar-refractivity contribution in [1.82, 2.24) is 24.5 Å². The van der Waals surface area contributed by atoms with Gasteiger partial charge in [-0.2, -0.15) is 10.2 Å². The van der Waals surface area contributed by atoms with Gasteiger partial charge in [-0.25, -0.2) is 9.36 Å². The van der Waals surface area contributed by atoms with E-state index in [0.29, 0.717) is 43.9 Å². The van der Waals surface area contributed by atoms with Crippen molar-refractivity contribution in [1.29, 1.82) is 0 Å². The Labute approximate surface area is 374 Å². The highest BCUT2D eigenvalue weighted by Crippen LogP contribution is 2.40. The Bertz CT molecular complexity index is 2650. The summed E-state index contributed by atoms with van der Waals surface area (Å²) < 4.78 is 19.7. The molecule has 4 aliphatic rings. The first-order valence-corrected chi connectivity index (χ1v) is 21.8. The third-order valence-corrected chi connectivity index (χ3v) is 11.7. The molecule has 0 radical (unpaired) electrons. The van der Waals surface area contributed by atoms with Gasteiger partial charge < -0.3 is 19.9 Å². The van der Waals surface area contributed by atoms with Crippen molar-refractivity contribution in [2.24, 2.45) is 5.73 Å². The fourth-order valence-electron chi connectivity index (χ4n) is 8.46. The first-order chi connectivity index (χ1) is 30.5. The zero-order valence-electron chi connectivity index (χ0n) is 34.9. The number of imide groups is 1. The molecule has 4 heterocycles. The number of cyclic esters (lactones) is 2. The van der Waals surface area contributed by atoms with Gasteiger partial charge in [-0.05, 0) is 75.2 Å².